The number of rotatable bonds is 9. The second kappa shape index (κ2) is 11.0. The van der Waals surface area contributed by atoms with Gasteiger partial charge in [0.15, 0.2) is 0 Å². The van der Waals surface area contributed by atoms with Crippen molar-refractivity contribution < 1.29 is 0 Å². The molecule has 3 N–H and O–H groups in total. The normalized spacial score (nSPS) is 16.0. The van der Waals surface area contributed by atoms with E-state index in [4.69, 9.17) is 0 Å². The molecule has 0 unspecified atom stereocenters. The molecule has 0 amide bonds. The van der Waals surface area contributed by atoms with Crippen molar-refractivity contribution in [2.24, 2.45) is 0 Å². The highest BCUT2D eigenvalue weighted by atomic mass is 15.8. The van der Waals surface area contributed by atoms with Gasteiger partial charge in [-0.1, -0.05) is 91.0 Å². The summed E-state index contributed by atoms with van der Waals surface area (Å²) in [4.78, 5) is 0. The van der Waals surface area contributed by atoms with Crippen molar-refractivity contribution in [3.63, 3.8) is 0 Å². The third kappa shape index (κ3) is 6.47. The van der Waals surface area contributed by atoms with Gasteiger partial charge in [-0.2, -0.15) is 0 Å². The van der Waals surface area contributed by atoms with E-state index in [1.54, 1.807) is 0 Å². The van der Waals surface area contributed by atoms with Gasteiger partial charge in [0.2, 0.25) is 0 Å². The number of nitrogens with one attached hydrogen (secondary N) is 3. The molecule has 0 aliphatic carbocycles. The van der Waals surface area contributed by atoms with Crippen LogP contribution < -0.4 is 16.3 Å². The summed E-state index contributed by atoms with van der Waals surface area (Å²) in [7, 11) is 0. The first-order valence-electron chi connectivity index (χ1n) is 10.4. The summed E-state index contributed by atoms with van der Waals surface area (Å²) < 4.78 is 0. The monoisotopic (exact) mass is 402 g/mol. The largest absolute Gasteiger partial charge is 0.248 e. The Labute approximate surface area is 179 Å². The highest BCUT2D eigenvalue weighted by Gasteiger charge is 2.23. The zero-order chi connectivity index (χ0) is 20.4. The molecular weight excluding hydrogens is 372 g/mol. The van der Waals surface area contributed by atoms with Gasteiger partial charge in [-0.05, 0) is 16.7 Å². The minimum atomic E-state index is 0.795. The third-order valence-electron chi connectivity index (χ3n) is 5.07. The Morgan fingerprint density at radius 1 is 0.433 bits per heavy atom. The number of hydrazine groups is 3. The Morgan fingerprint density at radius 2 is 0.700 bits per heavy atom. The van der Waals surface area contributed by atoms with Crippen LogP contribution in [0, 0.1) is 0 Å². The molecular formula is C24H30N6. The van der Waals surface area contributed by atoms with Gasteiger partial charge in [0.25, 0.3) is 0 Å². The number of hydrogen-bond acceptors (Lipinski definition) is 6. The fourth-order valence-electron chi connectivity index (χ4n) is 3.45. The van der Waals surface area contributed by atoms with Gasteiger partial charge in [-0.3, -0.25) is 0 Å². The molecule has 0 aromatic heterocycles. The molecule has 156 valence electrons. The van der Waals surface area contributed by atoms with E-state index >= 15 is 0 Å². The topological polar surface area (TPSA) is 45.8 Å². The van der Waals surface area contributed by atoms with E-state index in [0.717, 1.165) is 39.6 Å². The highest BCUT2D eigenvalue weighted by molar-refractivity contribution is 5.15. The predicted octanol–water partition coefficient (Wildman–Crippen LogP) is 2.89. The maximum Gasteiger partial charge on any atom is 0.0812 e. The fourth-order valence-corrected chi connectivity index (χ4v) is 3.45. The lowest BCUT2D eigenvalue weighted by molar-refractivity contribution is -0.103. The van der Waals surface area contributed by atoms with E-state index in [-0.39, 0.29) is 0 Å². The van der Waals surface area contributed by atoms with Crippen LogP contribution in [0.3, 0.4) is 0 Å². The maximum atomic E-state index is 3.56. The minimum absolute atomic E-state index is 0.795. The summed E-state index contributed by atoms with van der Waals surface area (Å²) in [6, 6.07) is 31.5. The van der Waals surface area contributed by atoms with E-state index < -0.39 is 0 Å². The highest BCUT2D eigenvalue weighted by Crippen LogP contribution is 2.06. The first kappa shape index (κ1) is 20.7. The van der Waals surface area contributed by atoms with Crippen molar-refractivity contribution in [1.29, 1.82) is 0 Å². The summed E-state index contributed by atoms with van der Waals surface area (Å²) in [6.07, 6.45) is 0. The Morgan fingerprint density at radius 3 is 0.967 bits per heavy atom. The summed E-state index contributed by atoms with van der Waals surface area (Å²) in [5.74, 6) is 0. The van der Waals surface area contributed by atoms with Gasteiger partial charge in [0.05, 0.1) is 20.0 Å². The second-order valence-corrected chi connectivity index (χ2v) is 7.51. The molecule has 4 rings (SSSR count). The fraction of sp³-hybridized carbons (Fsp3) is 0.250. The van der Waals surface area contributed by atoms with E-state index in [2.05, 4.69) is 122 Å². The molecule has 1 saturated heterocycles. The Balaban J connectivity index is 1.34. The summed E-state index contributed by atoms with van der Waals surface area (Å²) in [6.45, 7) is 4.80. The molecule has 1 aliphatic heterocycles. The third-order valence-corrected chi connectivity index (χ3v) is 5.07. The molecule has 1 aliphatic rings. The van der Waals surface area contributed by atoms with Crippen LogP contribution in [0.15, 0.2) is 91.0 Å². The van der Waals surface area contributed by atoms with Gasteiger partial charge in [0, 0.05) is 19.6 Å². The van der Waals surface area contributed by atoms with Crippen LogP contribution in [0.1, 0.15) is 16.7 Å². The van der Waals surface area contributed by atoms with Crippen LogP contribution in [0.5, 0.6) is 0 Å². The van der Waals surface area contributed by atoms with Crippen LogP contribution in [-0.2, 0) is 19.6 Å². The van der Waals surface area contributed by atoms with Crippen molar-refractivity contribution in [2.45, 2.75) is 19.6 Å². The number of nitrogens with zero attached hydrogens (tertiary/aromatic N) is 3. The van der Waals surface area contributed by atoms with Gasteiger partial charge in [-0.15, -0.1) is 0 Å². The zero-order valence-electron chi connectivity index (χ0n) is 17.2. The quantitative estimate of drug-likeness (QED) is 0.512. The van der Waals surface area contributed by atoms with Crippen molar-refractivity contribution in [3.8, 4) is 0 Å². The smallest absolute Gasteiger partial charge is 0.0812 e. The van der Waals surface area contributed by atoms with Crippen molar-refractivity contribution in [3.05, 3.63) is 108 Å². The molecule has 6 heteroatoms. The molecule has 3 aromatic rings. The molecule has 0 bridgehead atoms. The summed E-state index contributed by atoms with van der Waals surface area (Å²) >= 11 is 0. The van der Waals surface area contributed by atoms with Gasteiger partial charge < -0.3 is 0 Å². The molecule has 1 heterocycles. The number of hydrogen-bond donors (Lipinski definition) is 3. The van der Waals surface area contributed by atoms with Crippen molar-refractivity contribution in [2.75, 3.05) is 20.0 Å². The lowest BCUT2D eigenvalue weighted by Gasteiger charge is -2.42. The Hall–Kier alpha value is -2.58. The molecule has 1 fully saturated rings. The van der Waals surface area contributed by atoms with Gasteiger partial charge in [0.1, 0.15) is 0 Å². The van der Waals surface area contributed by atoms with E-state index in [9.17, 15) is 0 Å². The van der Waals surface area contributed by atoms with E-state index in [0.29, 0.717) is 0 Å². The first-order valence-corrected chi connectivity index (χ1v) is 10.4. The maximum absolute atomic E-state index is 3.56. The first-order chi connectivity index (χ1) is 14.8. The SMILES string of the molecule is c1ccc(CNN2CN(NCc3ccccc3)CN(NCc3ccccc3)C2)cc1. The average Bonchev–Trinajstić information content (AvgIpc) is 2.82. The Bertz CT molecular complexity index is 735. The number of benzene rings is 3. The Kier molecular flexibility index (Phi) is 7.57. The summed E-state index contributed by atoms with van der Waals surface area (Å²) in [5, 5.41) is 6.69. The van der Waals surface area contributed by atoms with Crippen LogP contribution in [0.2, 0.25) is 0 Å². The lowest BCUT2D eigenvalue weighted by atomic mass is 10.2. The summed E-state index contributed by atoms with van der Waals surface area (Å²) in [5.41, 5.74) is 14.5. The second-order valence-electron chi connectivity index (χ2n) is 7.51. The minimum Gasteiger partial charge on any atom is -0.248 e. The molecule has 6 nitrogen and oxygen atoms in total. The van der Waals surface area contributed by atoms with E-state index in [1.807, 2.05) is 0 Å². The average molecular weight is 403 g/mol. The van der Waals surface area contributed by atoms with Crippen LogP contribution >= 0.6 is 0 Å². The van der Waals surface area contributed by atoms with Crippen LogP contribution in [0.25, 0.3) is 0 Å². The van der Waals surface area contributed by atoms with Crippen LogP contribution in [-0.4, -0.2) is 35.0 Å². The molecule has 0 radical (unpaired) electrons. The standard InChI is InChI=1S/C24H30N6/c1-4-10-22(11-5-1)16-25-28-19-29(26-17-23-12-6-2-7-13-23)21-30(20-28)27-18-24-14-8-3-9-15-24/h1-15,25-27H,16-21H2. The van der Waals surface area contributed by atoms with E-state index in [1.165, 1.54) is 16.7 Å². The lowest BCUT2D eigenvalue weighted by Crippen LogP contribution is -2.64. The molecule has 3 aromatic carbocycles. The van der Waals surface area contributed by atoms with Gasteiger partial charge in [-0.25, -0.2) is 31.3 Å². The van der Waals surface area contributed by atoms with Crippen molar-refractivity contribution in [1.82, 2.24) is 31.3 Å². The molecule has 0 saturated carbocycles. The zero-order valence-corrected chi connectivity index (χ0v) is 17.2. The molecule has 0 atom stereocenters. The predicted molar refractivity (Wildman–Crippen MR) is 120 cm³/mol. The van der Waals surface area contributed by atoms with Crippen molar-refractivity contribution >= 4 is 0 Å². The van der Waals surface area contributed by atoms with Gasteiger partial charge >= 0.3 is 0 Å². The molecule has 0 spiro atoms. The van der Waals surface area contributed by atoms with Crippen LogP contribution in [0.4, 0.5) is 0 Å². The molecule has 30 heavy (non-hydrogen) atoms.